The SMILES string of the molecule is CCCCCC(=O)Oc1ccc(C(=O)C=Cc2ccc(OC)cc2)cc1. The number of unbranched alkanes of at least 4 members (excludes halogenated alkanes) is 2. The van der Waals surface area contributed by atoms with Gasteiger partial charge in [0, 0.05) is 12.0 Å². The number of allylic oxidation sites excluding steroid dienone is 1. The molecule has 0 saturated heterocycles. The summed E-state index contributed by atoms with van der Waals surface area (Å²) in [5.74, 6) is 0.883. The molecule has 136 valence electrons. The molecule has 0 fully saturated rings. The summed E-state index contributed by atoms with van der Waals surface area (Å²) >= 11 is 0. The summed E-state index contributed by atoms with van der Waals surface area (Å²) in [5.41, 5.74) is 1.46. The monoisotopic (exact) mass is 352 g/mol. The van der Waals surface area contributed by atoms with E-state index in [9.17, 15) is 9.59 Å². The Morgan fingerprint density at radius 3 is 2.19 bits per heavy atom. The summed E-state index contributed by atoms with van der Waals surface area (Å²) < 4.78 is 10.4. The molecule has 26 heavy (non-hydrogen) atoms. The molecule has 0 aromatic heterocycles. The molecule has 0 aliphatic heterocycles. The molecule has 0 N–H and O–H groups in total. The van der Waals surface area contributed by atoms with E-state index in [0.29, 0.717) is 17.7 Å². The first-order chi connectivity index (χ1) is 12.6. The van der Waals surface area contributed by atoms with Crippen LogP contribution in [0.25, 0.3) is 6.08 Å². The van der Waals surface area contributed by atoms with Crippen molar-refractivity contribution in [3.05, 3.63) is 65.7 Å². The van der Waals surface area contributed by atoms with Crippen LogP contribution in [0, 0.1) is 0 Å². The number of rotatable bonds is 9. The third kappa shape index (κ3) is 6.20. The van der Waals surface area contributed by atoms with E-state index in [1.807, 2.05) is 24.3 Å². The van der Waals surface area contributed by atoms with Gasteiger partial charge in [0.2, 0.25) is 0 Å². The molecule has 2 rings (SSSR count). The minimum Gasteiger partial charge on any atom is -0.497 e. The first-order valence-corrected chi connectivity index (χ1v) is 8.79. The van der Waals surface area contributed by atoms with Crippen molar-refractivity contribution in [1.82, 2.24) is 0 Å². The maximum absolute atomic E-state index is 12.2. The topological polar surface area (TPSA) is 52.6 Å². The lowest BCUT2D eigenvalue weighted by Crippen LogP contribution is -2.07. The van der Waals surface area contributed by atoms with Crippen LogP contribution in [0.1, 0.15) is 48.5 Å². The van der Waals surface area contributed by atoms with Gasteiger partial charge in [-0.15, -0.1) is 0 Å². The van der Waals surface area contributed by atoms with E-state index in [2.05, 4.69) is 6.92 Å². The molecule has 2 aromatic carbocycles. The van der Waals surface area contributed by atoms with Gasteiger partial charge in [-0.25, -0.2) is 0 Å². The van der Waals surface area contributed by atoms with Gasteiger partial charge in [-0.3, -0.25) is 9.59 Å². The molecule has 4 heteroatoms. The van der Waals surface area contributed by atoms with Crippen LogP contribution in [0.2, 0.25) is 0 Å². The van der Waals surface area contributed by atoms with Gasteiger partial charge < -0.3 is 9.47 Å². The second-order valence-corrected chi connectivity index (χ2v) is 5.93. The molecular formula is C22H24O4. The summed E-state index contributed by atoms with van der Waals surface area (Å²) in [6, 6.07) is 14.1. The van der Waals surface area contributed by atoms with Crippen LogP contribution in [-0.2, 0) is 4.79 Å². The van der Waals surface area contributed by atoms with Gasteiger partial charge in [0.15, 0.2) is 5.78 Å². The van der Waals surface area contributed by atoms with E-state index in [1.54, 1.807) is 37.5 Å². The molecule has 0 bridgehead atoms. The van der Waals surface area contributed by atoms with Crippen molar-refractivity contribution in [2.24, 2.45) is 0 Å². The zero-order valence-electron chi connectivity index (χ0n) is 15.2. The van der Waals surface area contributed by atoms with E-state index in [-0.39, 0.29) is 11.8 Å². The third-order valence-electron chi connectivity index (χ3n) is 3.90. The van der Waals surface area contributed by atoms with Crippen LogP contribution in [0.15, 0.2) is 54.6 Å². The molecule has 0 aliphatic carbocycles. The average molecular weight is 352 g/mol. The number of carbonyl (C=O) groups is 2. The normalized spacial score (nSPS) is 10.7. The van der Waals surface area contributed by atoms with Crippen LogP contribution in [-0.4, -0.2) is 18.9 Å². The van der Waals surface area contributed by atoms with Crippen molar-refractivity contribution in [2.75, 3.05) is 7.11 Å². The fraction of sp³-hybridized carbons (Fsp3) is 0.273. The van der Waals surface area contributed by atoms with Crippen molar-refractivity contribution < 1.29 is 19.1 Å². The third-order valence-corrected chi connectivity index (χ3v) is 3.90. The van der Waals surface area contributed by atoms with Gasteiger partial charge in [0.05, 0.1) is 7.11 Å². The van der Waals surface area contributed by atoms with Gasteiger partial charge >= 0.3 is 5.97 Å². The maximum atomic E-state index is 12.2. The minimum absolute atomic E-state index is 0.110. The Bertz CT molecular complexity index is 743. The summed E-state index contributed by atoms with van der Waals surface area (Å²) in [5, 5.41) is 0. The second kappa shape index (κ2) is 10.2. The maximum Gasteiger partial charge on any atom is 0.311 e. The van der Waals surface area contributed by atoms with Gasteiger partial charge in [0.1, 0.15) is 11.5 Å². The molecule has 4 nitrogen and oxygen atoms in total. The Labute approximate surface area is 154 Å². The molecular weight excluding hydrogens is 328 g/mol. The van der Waals surface area contributed by atoms with Gasteiger partial charge in [-0.1, -0.05) is 38.0 Å². The van der Waals surface area contributed by atoms with E-state index >= 15 is 0 Å². The van der Waals surface area contributed by atoms with Crippen molar-refractivity contribution in [3.8, 4) is 11.5 Å². The summed E-state index contributed by atoms with van der Waals surface area (Å²) in [6.07, 6.45) is 6.61. The summed E-state index contributed by atoms with van der Waals surface area (Å²) in [4.78, 5) is 23.9. The number of esters is 1. The molecule has 2 aromatic rings. The van der Waals surface area contributed by atoms with E-state index in [4.69, 9.17) is 9.47 Å². The summed E-state index contributed by atoms with van der Waals surface area (Å²) in [7, 11) is 1.61. The van der Waals surface area contributed by atoms with Crippen LogP contribution >= 0.6 is 0 Å². The van der Waals surface area contributed by atoms with E-state index in [1.165, 1.54) is 6.08 Å². The number of carbonyl (C=O) groups excluding carboxylic acids is 2. The highest BCUT2D eigenvalue weighted by Gasteiger charge is 2.06. The van der Waals surface area contributed by atoms with Crippen molar-refractivity contribution in [1.29, 1.82) is 0 Å². The van der Waals surface area contributed by atoms with E-state index < -0.39 is 0 Å². The Hall–Kier alpha value is -2.88. The number of hydrogen-bond donors (Lipinski definition) is 0. The Morgan fingerprint density at radius 1 is 0.923 bits per heavy atom. The van der Waals surface area contributed by atoms with Crippen LogP contribution in [0.5, 0.6) is 11.5 Å². The molecule has 0 unspecified atom stereocenters. The van der Waals surface area contributed by atoms with Crippen LogP contribution in [0.4, 0.5) is 0 Å². The molecule has 0 atom stereocenters. The fourth-order valence-corrected chi connectivity index (χ4v) is 2.37. The quantitative estimate of drug-likeness (QED) is 0.208. The highest BCUT2D eigenvalue weighted by atomic mass is 16.5. The van der Waals surface area contributed by atoms with Gasteiger partial charge in [0.25, 0.3) is 0 Å². The minimum atomic E-state index is -0.239. The van der Waals surface area contributed by atoms with Crippen molar-refractivity contribution in [2.45, 2.75) is 32.6 Å². The number of ether oxygens (including phenoxy) is 2. The number of hydrogen-bond acceptors (Lipinski definition) is 4. The van der Waals surface area contributed by atoms with Crippen LogP contribution in [0.3, 0.4) is 0 Å². The van der Waals surface area contributed by atoms with Crippen molar-refractivity contribution in [3.63, 3.8) is 0 Å². The average Bonchev–Trinajstić information content (AvgIpc) is 2.67. The molecule has 0 aliphatic rings. The fourth-order valence-electron chi connectivity index (χ4n) is 2.37. The largest absolute Gasteiger partial charge is 0.497 e. The summed E-state index contributed by atoms with van der Waals surface area (Å²) in [6.45, 7) is 2.09. The highest BCUT2D eigenvalue weighted by molar-refractivity contribution is 6.06. The first kappa shape index (κ1) is 19.4. The molecule has 0 saturated carbocycles. The zero-order valence-corrected chi connectivity index (χ0v) is 15.2. The predicted molar refractivity (Wildman–Crippen MR) is 103 cm³/mol. The lowest BCUT2D eigenvalue weighted by molar-refractivity contribution is -0.134. The smallest absolute Gasteiger partial charge is 0.311 e. The first-order valence-electron chi connectivity index (χ1n) is 8.79. The Balaban J connectivity index is 1.91. The van der Waals surface area contributed by atoms with Gasteiger partial charge in [-0.05, 0) is 54.5 Å². The predicted octanol–water partition coefficient (Wildman–Crippen LogP) is 5.08. The molecule has 0 radical (unpaired) electrons. The van der Waals surface area contributed by atoms with Crippen molar-refractivity contribution >= 4 is 17.8 Å². The van der Waals surface area contributed by atoms with Crippen LogP contribution < -0.4 is 9.47 Å². The zero-order chi connectivity index (χ0) is 18.8. The lowest BCUT2D eigenvalue weighted by atomic mass is 10.1. The number of benzene rings is 2. The molecule has 0 spiro atoms. The van der Waals surface area contributed by atoms with Gasteiger partial charge in [-0.2, -0.15) is 0 Å². The number of ketones is 1. The molecule has 0 amide bonds. The lowest BCUT2D eigenvalue weighted by Gasteiger charge is -2.04. The van der Waals surface area contributed by atoms with E-state index in [0.717, 1.165) is 30.6 Å². The Morgan fingerprint density at radius 2 is 1.58 bits per heavy atom. The number of methoxy groups -OCH3 is 1. The Kier molecular flexibility index (Phi) is 7.62. The molecule has 0 heterocycles. The standard InChI is InChI=1S/C22H24O4/c1-3-4-5-6-22(24)26-20-14-10-18(11-15-20)21(23)16-9-17-7-12-19(25-2)13-8-17/h7-16H,3-6H2,1-2H3. The highest BCUT2D eigenvalue weighted by Crippen LogP contribution is 2.16. The second-order valence-electron chi connectivity index (χ2n) is 5.93.